The van der Waals surface area contributed by atoms with Gasteiger partial charge in [-0.05, 0) is 57.5 Å². The first-order valence-electron chi connectivity index (χ1n) is 9.06. The fraction of sp³-hybridized carbons (Fsp3) is 0.0800. The quantitative estimate of drug-likeness (QED) is 0.250. The van der Waals surface area contributed by atoms with E-state index in [0.29, 0.717) is 17.1 Å². The molecule has 0 unspecified atom stereocenters. The van der Waals surface area contributed by atoms with E-state index in [0.717, 1.165) is 27.1 Å². The number of hydrogen-bond acceptors (Lipinski definition) is 3. The molecule has 138 valence electrons. The molecule has 0 saturated carbocycles. The van der Waals surface area contributed by atoms with Crippen molar-refractivity contribution in [2.24, 2.45) is 0 Å². The van der Waals surface area contributed by atoms with E-state index in [2.05, 4.69) is 30.3 Å². The second-order valence-corrected chi connectivity index (χ2v) is 6.50. The van der Waals surface area contributed by atoms with Gasteiger partial charge in [-0.25, -0.2) is 0 Å². The molecule has 0 spiro atoms. The van der Waals surface area contributed by atoms with Gasteiger partial charge in [0.2, 0.25) is 0 Å². The van der Waals surface area contributed by atoms with Crippen LogP contribution in [0.25, 0.3) is 27.6 Å². The third-order valence-corrected chi connectivity index (χ3v) is 4.89. The lowest BCUT2D eigenvalue weighted by Gasteiger charge is -2.09. The third kappa shape index (κ3) is 3.23. The van der Waals surface area contributed by atoms with Gasteiger partial charge in [0.25, 0.3) is 0 Å². The van der Waals surface area contributed by atoms with Crippen LogP contribution in [0.5, 0.6) is 11.5 Å². The molecule has 4 rings (SSSR count). The molecule has 0 atom stereocenters. The minimum absolute atomic E-state index is 0.114. The van der Waals surface area contributed by atoms with E-state index in [-0.39, 0.29) is 5.78 Å². The molecule has 3 nitrogen and oxygen atoms in total. The molecule has 0 aromatic heterocycles. The first-order chi connectivity index (χ1) is 13.7. The number of rotatable bonds is 5. The zero-order valence-corrected chi connectivity index (χ0v) is 15.8. The zero-order valence-electron chi connectivity index (χ0n) is 15.8. The normalized spacial score (nSPS) is 11.2. The van der Waals surface area contributed by atoms with Gasteiger partial charge in [-0.3, -0.25) is 4.79 Å². The SMILES string of the molecule is COc1ccc(C(=O)C=Cc2c3ccccc3cc3ccccc23)c(OC)c1. The number of ketones is 1. The first-order valence-corrected chi connectivity index (χ1v) is 9.06. The number of hydrogen-bond donors (Lipinski definition) is 0. The molecule has 0 fully saturated rings. The number of methoxy groups -OCH3 is 2. The lowest BCUT2D eigenvalue weighted by molar-refractivity contribution is 0.104. The average molecular weight is 368 g/mol. The maximum absolute atomic E-state index is 12.9. The number of fused-ring (bicyclic) bond motifs is 2. The summed E-state index contributed by atoms with van der Waals surface area (Å²) in [4.78, 5) is 12.9. The van der Waals surface area contributed by atoms with Crippen LogP contribution < -0.4 is 9.47 Å². The highest BCUT2D eigenvalue weighted by molar-refractivity contribution is 6.12. The summed E-state index contributed by atoms with van der Waals surface area (Å²) >= 11 is 0. The maximum Gasteiger partial charge on any atom is 0.189 e. The summed E-state index contributed by atoms with van der Waals surface area (Å²) in [6, 6.07) is 23.8. The second-order valence-electron chi connectivity index (χ2n) is 6.50. The van der Waals surface area contributed by atoms with Gasteiger partial charge in [0.1, 0.15) is 11.5 Å². The summed E-state index contributed by atoms with van der Waals surface area (Å²) in [7, 11) is 3.13. The molecule has 0 N–H and O–H groups in total. The zero-order chi connectivity index (χ0) is 19.5. The largest absolute Gasteiger partial charge is 0.497 e. The molecule has 0 amide bonds. The Morgan fingerprint density at radius 3 is 2.04 bits per heavy atom. The fourth-order valence-corrected chi connectivity index (χ4v) is 3.48. The number of carbonyl (C=O) groups is 1. The lowest BCUT2D eigenvalue weighted by Crippen LogP contribution is -1.99. The van der Waals surface area contributed by atoms with E-state index in [1.165, 1.54) is 0 Å². The van der Waals surface area contributed by atoms with Crippen molar-refractivity contribution in [2.45, 2.75) is 0 Å². The molecule has 3 heteroatoms. The van der Waals surface area contributed by atoms with Crippen molar-refractivity contribution < 1.29 is 14.3 Å². The Morgan fingerprint density at radius 2 is 1.43 bits per heavy atom. The maximum atomic E-state index is 12.9. The van der Waals surface area contributed by atoms with E-state index in [9.17, 15) is 4.79 Å². The van der Waals surface area contributed by atoms with Gasteiger partial charge in [-0.15, -0.1) is 0 Å². The van der Waals surface area contributed by atoms with E-state index in [1.807, 2.05) is 30.3 Å². The van der Waals surface area contributed by atoms with Crippen LogP contribution in [0.15, 0.2) is 78.9 Å². The highest BCUT2D eigenvalue weighted by atomic mass is 16.5. The molecular weight excluding hydrogens is 348 g/mol. The van der Waals surface area contributed by atoms with E-state index in [1.54, 1.807) is 38.5 Å². The molecule has 0 heterocycles. The Hall–Kier alpha value is -3.59. The van der Waals surface area contributed by atoms with Crippen LogP contribution in [0.1, 0.15) is 15.9 Å². The third-order valence-electron chi connectivity index (χ3n) is 4.89. The van der Waals surface area contributed by atoms with E-state index < -0.39 is 0 Å². The number of carbonyl (C=O) groups excluding carboxylic acids is 1. The van der Waals surface area contributed by atoms with Gasteiger partial charge >= 0.3 is 0 Å². The van der Waals surface area contributed by atoms with Crippen LogP contribution in [0.3, 0.4) is 0 Å². The minimum Gasteiger partial charge on any atom is -0.497 e. The minimum atomic E-state index is -0.114. The van der Waals surface area contributed by atoms with Crippen molar-refractivity contribution in [1.82, 2.24) is 0 Å². The standard InChI is InChI=1S/C25H20O3/c1-27-19-11-12-23(25(16-19)28-2)24(26)14-13-22-20-9-5-3-7-17(20)15-18-8-4-6-10-21(18)22/h3-16H,1-2H3. The molecule has 0 aliphatic heterocycles. The molecule has 0 saturated heterocycles. The van der Waals surface area contributed by atoms with Crippen LogP contribution >= 0.6 is 0 Å². The smallest absolute Gasteiger partial charge is 0.189 e. The van der Waals surface area contributed by atoms with Crippen molar-refractivity contribution in [2.75, 3.05) is 14.2 Å². The summed E-state index contributed by atoms with van der Waals surface area (Å²) in [5.74, 6) is 1.03. The monoisotopic (exact) mass is 368 g/mol. The summed E-state index contributed by atoms with van der Waals surface area (Å²) in [6.07, 6.45) is 3.51. The molecule has 0 bridgehead atoms. The average Bonchev–Trinajstić information content (AvgIpc) is 2.75. The Labute approximate surface area is 163 Å². The summed E-state index contributed by atoms with van der Waals surface area (Å²) in [6.45, 7) is 0. The van der Waals surface area contributed by atoms with Crippen LogP contribution in [0.2, 0.25) is 0 Å². The first kappa shape index (κ1) is 17.8. The Balaban J connectivity index is 1.81. The lowest BCUT2D eigenvalue weighted by atomic mass is 9.96. The van der Waals surface area contributed by atoms with Gasteiger partial charge in [-0.2, -0.15) is 0 Å². The predicted molar refractivity (Wildman–Crippen MR) is 114 cm³/mol. The van der Waals surface area contributed by atoms with Crippen LogP contribution in [0.4, 0.5) is 0 Å². The Morgan fingerprint density at radius 1 is 0.786 bits per heavy atom. The van der Waals surface area contributed by atoms with Crippen LogP contribution in [-0.2, 0) is 0 Å². The van der Waals surface area contributed by atoms with E-state index >= 15 is 0 Å². The molecule has 4 aromatic rings. The molecular formula is C25H20O3. The molecule has 28 heavy (non-hydrogen) atoms. The van der Waals surface area contributed by atoms with Crippen LogP contribution in [0, 0.1) is 0 Å². The van der Waals surface area contributed by atoms with Crippen molar-refractivity contribution in [3.8, 4) is 11.5 Å². The van der Waals surface area contributed by atoms with Gasteiger partial charge in [0, 0.05) is 6.07 Å². The van der Waals surface area contributed by atoms with E-state index in [4.69, 9.17) is 9.47 Å². The molecule has 4 aromatic carbocycles. The van der Waals surface area contributed by atoms with Crippen molar-refractivity contribution in [1.29, 1.82) is 0 Å². The second kappa shape index (κ2) is 7.57. The summed E-state index contributed by atoms with van der Waals surface area (Å²) in [5, 5.41) is 4.53. The number of allylic oxidation sites excluding steroid dienone is 1. The van der Waals surface area contributed by atoms with Gasteiger partial charge in [0.15, 0.2) is 5.78 Å². The van der Waals surface area contributed by atoms with Crippen LogP contribution in [-0.4, -0.2) is 20.0 Å². The van der Waals surface area contributed by atoms with Crippen molar-refractivity contribution in [3.63, 3.8) is 0 Å². The molecule has 0 aliphatic rings. The predicted octanol–water partition coefficient (Wildman–Crippen LogP) is 5.91. The van der Waals surface area contributed by atoms with Gasteiger partial charge in [-0.1, -0.05) is 48.5 Å². The molecule has 0 aliphatic carbocycles. The Kier molecular flexibility index (Phi) is 4.81. The topological polar surface area (TPSA) is 35.5 Å². The highest BCUT2D eigenvalue weighted by Crippen LogP contribution is 2.30. The summed E-state index contributed by atoms with van der Waals surface area (Å²) in [5.41, 5.74) is 1.54. The van der Waals surface area contributed by atoms with Crippen molar-refractivity contribution >= 4 is 33.4 Å². The highest BCUT2D eigenvalue weighted by Gasteiger charge is 2.12. The van der Waals surface area contributed by atoms with Gasteiger partial charge < -0.3 is 9.47 Å². The number of ether oxygens (including phenoxy) is 2. The number of benzene rings is 4. The molecule has 0 radical (unpaired) electrons. The van der Waals surface area contributed by atoms with Crippen molar-refractivity contribution in [3.05, 3.63) is 90.0 Å². The Bertz CT molecular complexity index is 1150. The summed E-state index contributed by atoms with van der Waals surface area (Å²) < 4.78 is 10.6. The fourth-order valence-electron chi connectivity index (χ4n) is 3.48. The van der Waals surface area contributed by atoms with Gasteiger partial charge in [0.05, 0.1) is 19.8 Å².